The first kappa shape index (κ1) is 19.6. The Kier molecular flexibility index (Phi) is 5.37. The van der Waals surface area contributed by atoms with E-state index in [9.17, 15) is 4.79 Å². The summed E-state index contributed by atoms with van der Waals surface area (Å²) in [5, 5.41) is 6.81. The van der Waals surface area contributed by atoms with Gasteiger partial charge >= 0.3 is 0 Å². The van der Waals surface area contributed by atoms with Crippen molar-refractivity contribution in [3.8, 4) is 11.1 Å². The van der Waals surface area contributed by atoms with Crippen LogP contribution in [-0.4, -0.2) is 29.8 Å². The fourth-order valence-electron chi connectivity index (χ4n) is 3.92. The molecule has 2 aromatic carbocycles. The van der Waals surface area contributed by atoms with Crippen molar-refractivity contribution in [1.82, 2.24) is 9.55 Å². The molecule has 0 saturated heterocycles. The van der Waals surface area contributed by atoms with Crippen LogP contribution in [-0.2, 0) is 19.8 Å². The molecule has 0 saturated carbocycles. The minimum Gasteiger partial charge on any atom is -0.387 e. The number of nitrogens with zero attached hydrogens (tertiary/aromatic N) is 2. The van der Waals surface area contributed by atoms with E-state index in [1.54, 1.807) is 0 Å². The fraction of sp³-hybridized carbons (Fsp3) is 0.273. The van der Waals surface area contributed by atoms with Gasteiger partial charge in [0.1, 0.15) is 7.28 Å². The minimum atomic E-state index is -0.197. The number of imidazole rings is 1. The Bertz CT molecular complexity index is 1090. The van der Waals surface area contributed by atoms with E-state index >= 15 is 0 Å². The first-order valence-electron chi connectivity index (χ1n) is 9.75. The fourth-order valence-corrected chi connectivity index (χ4v) is 4.24. The number of benzene rings is 2. The maximum atomic E-state index is 13.0. The molecule has 2 heterocycles. The topological polar surface area (TPSA) is 58.9 Å². The highest BCUT2D eigenvalue weighted by Crippen LogP contribution is 2.37. The molecular weight excluding hydrogens is 383 g/mol. The van der Waals surface area contributed by atoms with Crippen LogP contribution in [0.3, 0.4) is 0 Å². The Hall–Kier alpha value is -2.73. The summed E-state index contributed by atoms with van der Waals surface area (Å²) in [7, 11) is 5.98. The Morgan fingerprint density at radius 3 is 2.62 bits per heavy atom. The van der Waals surface area contributed by atoms with Crippen molar-refractivity contribution < 1.29 is 4.79 Å². The van der Waals surface area contributed by atoms with Crippen LogP contribution in [0.5, 0.6) is 0 Å². The molecule has 3 aromatic rings. The molecule has 0 aliphatic carbocycles. The second kappa shape index (κ2) is 7.95. The summed E-state index contributed by atoms with van der Waals surface area (Å²) in [4.78, 5) is 17.6. The smallest absolute Gasteiger partial charge is 0.291 e. The molecule has 147 valence electrons. The largest absolute Gasteiger partial charge is 0.387 e. The monoisotopic (exact) mass is 405 g/mol. The lowest BCUT2D eigenvalue weighted by Gasteiger charge is -2.15. The molecule has 0 bridgehead atoms. The third-order valence-electron chi connectivity index (χ3n) is 5.56. The average molecular weight is 406 g/mol. The van der Waals surface area contributed by atoms with Gasteiger partial charge in [0.15, 0.2) is 5.82 Å². The van der Waals surface area contributed by atoms with Gasteiger partial charge in [-0.3, -0.25) is 4.79 Å². The summed E-state index contributed by atoms with van der Waals surface area (Å²) in [5.74, 6) is 0.252. The minimum absolute atomic E-state index is 0.197. The third kappa shape index (κ3) is 3.53. The second-order valence-electron chi connectivity index (χ2n) is 7.27. The van der Waals surface area contributed by atoms with E-state index in [0.717, 1.165) is 58.5 Å². The second-order valence-corrected chi connectivity index (χ2v) is 7.65. The number of hydrogen-bond donors (Lipinski definition) is 2. The zero-order valence-corrected chi connectivity index (χ0v) is 17.6. The van der Waals surface area contributed by atoms with Gasteiger partial charge in [-0.2, -0.15) is 0 Å². The van der Waals surface area contributed by atoms with Gasteiger partial charge in [0.25, 0.3) is 5.91 Å². The number of anilines is 2. The Labute approximate surface area is 176 Å². The van der Waals surface area contributed by atoms with Crippen molar-refractivity contribution in [2.24, 2.45) is 7.05 Å². The summed E-state index contributed by atoms with van der Waals surface area (Å²) in [6.07, 6.45) is 2.79. The van der Waals surface area contributed by atoms with Crippen LogP contribution in [0.4, 0.5) is 11.4 Å². The standard InChI is InChI=1S/C22H23BClN4O/c1-13-14(15-7-5-9-17(25-2)20(15)24)6-4-8-16(13)27-22(29)21-26-18-12-23-11-10-19(18)28(21)3/h4-9,25H,10-12H2,1-3H3,(H,27,29). The number of hydrogen-bond acceptors (Lipinski definition) is 3. The van der Waals surface area contributed by atoms with Crippen LogP contribution >= 0.6 is 11.6 Å². The van der Waals surface area contributed by atoms with Crippen LogP contribution in [0, 0.1) is 6.92 Å². The van der Waals surface area contributed by atoms with Crippen molar-refractivity contribution in [3.05, 3.63) is 64.2 Å². The first-order chi connectivity index (χ1) is 14.0. The van der Waals surface area contributed by atoms with Crippen molar-refractivity contribution in [3.63, 3.8) is 0 Å². The SMILES string of the molecule is CNc1cccc(-c2cccc(NC(=O)c3nc4c(n3C)CC[B]C4)c2C)c1Cl. The maximum Gasteiger partial charge on any atom is 0.291 e. The lowest BCUT2D eigenvalue weighted by molar-refractivity contribution is 0.101. The highest BCUT2D eigenvalue weighted by atomic mass is 35.5. The molecule has 1 aliphatic rings. The zero-order valence-electron chi connectivity index (χ0n) is 16.8. The molecule has 1 radical (unpaired) electrons. The first-order valence-corrected chi connectivity index (χ1v) is 10.1. The van der Waals surface area contributed by atoms with Crippen molar-refractivity contribution in [2.75, 3.05) is 17.7 Å². The molecule has 0 unspecified atom stereocenters. The molecule has 7 heteroatoms. The van der Waals surface area contributed by atoms with Gasteiger partial charge in [-0.05, 0) is 42.9 Å². The Morgan fingerprint density at radius 2 is 1.90 bits per heavy atom. The van der Waals surface area contributed by atoms with E-state index in [2.05, 4.69) is 22.9 Å². The van der Waals surface area contributed by atoms with E-state index in [0.29, 0.717) is 10.8 Å². The van der Waals surface area contributed by atoms with Crippen molar-refractivity contribution in [1.29, 1.82) is 0 Å². The quantitative estimate of drug-likeness (QED) is 0.627. The van der Waals surface area contributed by atoms with E-state index < -0.39 is 0 Å². The molecule has 1 amide bonds. The summed E-state index contributed by atoms with van der Waals surface area (Å²) < 4.78 is 1.92. The predicted molar refractivity (Wildman–Crippen MR) is 120 cm³/mol. The maximum absolute atomic E-state index is 13.0. The lowest BCUT2D eigenvalue weighted by Crippen LogP contribution is -2.18. The van der Waals surface area contributed by atoms with E-state index in [1.807, 2.05) is 62.0 Å². The van der Waals surface area contributed by atoms with Gasteiger partial charge in [0.05, 0.1) is 16.4 Å². The molecule has 1 aliphatic heterocycles. The van der Waals surface area contributed by atoms with Gasteiger partial charge in [-0.15, -0.1) is 0 Å². The predicted octanol–water partition coefficient (Wildman–Crippen LogP) is 4.52. The molecule has 0 fully saturated rings. The molecule has 4 rings (SSSR count). The number of fused-ring (bicyclic) bond motifs is 1. The van der Waals surface area contributed by atoms with Gasteiger partial charge in [-0.1, -0.05) is 42.2 Å². The number of nitrogens with one attached hydrogen (secondary N) is 2. The van der Waals surface area contributed by atoms with E-state index in [1.165, 1.54) is 0 Å². The van der Waals surface area contributed by atoms with Gasteiger partial charge < -0.3 is 15.2 Å². The van der Waals surface area contributed by atoms with Crippen LogP contribution in [0.25, 0.3) is 11.1 Å². The number of carbonyl (C=O) groups is 1. The summed E-state index contributed by atoms with van der Waals surface area (Å²) >= 11 is 6.58. The summed E-state index contributed by atoms with van der Waals surface area (Å²) in [6, 6.07) is 11.7. The lowest BCUT2D eigenvalue weighted by atomic mass is 9.65. The normalized spacial score (nSPS) is 12.8. The van der Waals surface area contributed by atoms with Gasteiger partial charge in [0.2, 0.25) is 0 Å². The number of aromatic nitrogens is 2. The molecular formula is C22H23BClN4O. The summed E-state index contributed by atoms with van der Waals surface area (Å²) in [5.41, 5.74) is 6.65. The van der Waals surface area contributed by atoms with Crippen LogP contribution in [0.15, 0.2) is 36.4 Å². The Morgan fingerprint density at radius 1 is 1.17 bits per heavy atom. The Balaban J connectivity index is 1.67. The van der Waals surface area contributed by atoms with E-state index in [-0.39, 0.29) is 5.91 Å². The number of amides is 1. The average Bonchev–Trinajstić information content (AvgIpc) is 3.07. The summed E-state index contributed by atoms with van der Waals surface area (Å²) in [6.45, 7) is 1.99. The molecule has 0 spiro atoms. The highest BCUT2D eigenvalue weighted by Gasteiger charge is 2.23. The zero-order chi connectivity index (χ0) is 20.5. The number of rotatable bonds is 4. The van der Waals surface area contributed by atoms with Crippen LogP contribution < -0.4 is 10.6 Å². The van der Waals surface area contributed by atoms with E-state index in [4.69, 9.17) is 11.6 Å². The van der Waals surface area contributed by atoms with Crippen LogP contribution in [0.1, 0.15) is 27.6 Å². The molecule has 0 atom stereocenters. The van der Waals surface area contributed by atoms with Crippen molar-refractivity contribution in [2.45, 2.75) is 26.0 Å². The van der Waals surface area contributed by atoms with Gasteiger partial charge in [0, 0.05) is 31.0 Å². The molecule has 5 nitrogen and oxygen atoms in total. The third-order valence-corrected chi connectivity index (χ3v) is 5.97. The number of halogens is 1. The molecule has 2 N–H and O–H groups in total. The van der Waals surface area contributed by atoms with Crippen LogP contribution in [0.2, 0.25) is 11.3 Å². The van der Waals surface area contributed by atoms with Crippen molar-refractivity contribution >= 4 is 36.2 Å². The highest BCUT2D eigenvalue weighted by molar-refractivity contribution is 6.36. The molecule has 29 heavy (non-hydrogen) atoms. The number of carbonyl (C=O) groups excluding carboxylic acids is 1. The molecule has 1 aromatic heterocycles. The van der Waals surface area contributed by atoms with Gasteiger partial charge in [-0.25, -0.2) is 4.98 Å².